The molecule has 0 spiro atoms. The molecule has 5 N–H and O–H groups in total. The van der Waals surface area contributed by atoms with Gasteiger partial charge in [-0.15, -0.1) is 0 Å². The SMILES string of the molecule is O=C(NCc1cc(O)cc(O)c1)[C@@H]1C[C@]23CCN(CC4CC4)[C@H](Cc4ccc(O)cc42)[C@]3(O)C1. The fourth-order valence-corrected chi connectivity index (χ4v) is 7.11. The third kappa shape index (κ3) is 3.36. The van der Waals surface area contributed by atoms with Crippen LogP contribution in [-0.4, -0.2) is 56.0 Å². The number of nitrogens with zero attached hydrogens (tertiary/aromatic N) is 1. The lowest BCUT2D eigenvalue weighted by atomic mass is 9.56. The summed E-state index contributed by atoms with van der Waals surface area (Å²) < 4.78 is 0. The van der Waals surface area contributed by atoms with E-state index >= 15 is 0 Å². The molecule has 0 radical (unpaired) electrons. The Morgan fingerprint density at radius 1 is 1.03 bits per heavy atom. The van der Waals surface area contributed by atoms with Gasteiger partial charge in [0.25, 0.3) is 0 Å². The van der Waals surface area contributed by atoms with Crippen LogP contribution >= 0.6 is 0 Å². The molecule has 6 rings (SSSR count). The van der Waals surface area contributed by atoms with Gasteiger partial charge in [-0.2, -0.15) is 0 Å². The fraction of sp³-hybridized carbons (Fsp3) is 0.519. The summed E-state index contributed by atoms with van der Waals surface area (Å²) in [5, 5.41) is 45.0. The van der Waals surface area contributed by atoms with E-state index < -0.39 is 11.0 Å². The predicted molar refractivity (Wildman–Crippen MR) is 125 cm³/mol. The number of phenols is 3. The average Bonchev–Trinajstić information content (AvgIpc) is 3.53. The van der Waals surface area contributed by atoms with Crippen LogP contribution in [0.1, 0.15) is 48.8 Å². The zero-order chi connectivity index (χ0) is 23.7. The normalized spacial score (nSPS) is 32.1. The summed E-state index contributed by atoms with van der Waals surface area (Å²) >= 11 is 0. The number of hydrogen-bond donors (Lipinski definition) is 5. The third-order valence-corrected chi connectivity index (χ3v) is 8.81. The Kier molecular flexibility index (Phi) is 4.87. The first-order valence-corrected chi connectivity index (χ1v) is 12.4. The van der Waals surface area contributed by atoms with Gasteiger partial charge in [-0.25, -0.2) is 0 Å². The van der Waals surface area contributed by atoms with Crippen LogP contribution in [0.25, 0.3) is 0 Å². The van der Waals surface area contributed by atoms with Crippen molar-refractivity contribution in [3.63, 3.8) is 0 Å². The van der Waals surface area contributed by atoms with E-state index in [-0.39, 0.29) is 41.7 Å². The number of carbonyl (C=O) groups is 1. The molecular weight excluding hydrogens is 432 g/mol. The summed E-state index contributed by atoms with van der Waals surface area (Å²) in [6.45, 7) is 2.10. The average molecular weight is 465 g/mol. The Bertz CT molecular complexity index is 1130. The van der Waals surface area contributed by atoms with Crippen LogP contribution in [-0.2, 0) is 23.2 Å². The molecule has 7 heteroatoms. The number of benzene rings is 2. The molecule has 0 unspecified atom stereocenters. The maximum atomic E-state index is 13.3. The van der Waals surface area contributed by atoms with Gasteiger partial charge in [-0.1, -0.05) is 6.07 Å². The molecule has 2 saturated carbocycles. The van der Waals surface area contributed by atoms with Crippen molar-refractivity contribution in [2.24, 2.45) is 11.8 Å². The molecule has 7 nitrogen and oxygen atoms in total. The minimum absolute atomic E-state index is 0.0280. The Balaban J connectivity index is 1.29. The van der Waals surface area contributed by atoms with Crippen LogP contribution in [0.4, 0.5) is 0 Å². The van der Waals surface area contributed by atoms with Crippen molar-refractivity contribution in [3.05, 3.63) is 53.1 Å². The monoisotopic (exact) mass is 464 g/mol. The highest BCUT2D eigenvalue weighted by Crippen LogP contribution is 2.62. The second-order valence-corrected chi connectivity index (χ2v) is 10.9. The Hall–Kier alpha value is -2.77. The van der Waals surface area contributed by atoms with E-state index in [1.165, 1.54) is 36.6 Å². The van der Waals surface area contributed by atoms with Gasteiger partial charge in [0, 0.05) is 36.5 Å². The molecular formula is C27H32N2O5. The quantitative estimate of drug-likeness (QED) is 0.465. The molecule has 1 saturated heterocycles. The molecule has 2 aromatic rings. The summed E-state index contributed by atoms with van der Waals surface area (Å²) in [5.41, 5.74) is 1.22. The summed E-state index contributed by atoms with van der Waals surface area (Å²) in [6, 6.07) is 9.78. The number of hydrogen-bond acceptors (Lipinski definition) is 6. The number of aliphatic hydroxyl groups is 1. The van der Waals surface area contributed by atoms with Crippen LogP contribution in [0.2, 0.25) is 0 Å². The smallest absolute Gasteiger partial charge is 0.223 e. The number of phenolic OH excluding ortho intramolecular Hbond substituents is 3. The number of aromatic hydroxyl groups is 3. The molecule has 2 bridgehead atoms. The number of likely N-dealkylation sites (tertiary alicyclic amines) is 1. The molecule has 4 atom stereocenters. The van der Waals surface area contributed by atoms with Gasteiger partial charge in [0.05, 0.1) is 5.60 Å². The number of piperidine rings is 1. The molecule has 1 amide bonds. The number of carbonyl (C=O) groups excluding carboxylic acids is 1. The van der Waals surface area contributed by atoms with Crippen LogP contribution in [0.5, 0.6) is 17.2 Å². The molecule has 2 aromatic carbocycles. The highest BCUT2D eigenvalue weighted by atomic mass is 16.3. The molecule has 180 valence electrons. The van der Waals surface area contributed by atoms with Crippen molar-refractivity contribution in [1.82, 2.24) is 10.2 Å². The lowest BCUT2D eigenvalue weighted by Crippen LogP contribution is -2.69. The molecule has 1 heterocycles. The maximum absolute atomic E-state index is 13.3. The minimum Gasteiger partial charge on any atom is -0.508 e. The van der Waals surface area contributed by atoms with E-state index in [9.17, 15) is 25.2 Å². The van der Waals surface area contributed by atoms with E-state index in [4.69, 9.17) is 0 Å². The van der Waals surface area contributed by atoms with Gasteiger partial charge in [-0.3, -0.25) is 9.69 Å². The number of amides is 1. The maximum Gasteiger partial charge on any atom is 0.223 e. The zero-order valence-electron chi connectivity index (χ0n) is 19.2. The van der Waals surface area contributed by atoms with E-state index in [1.807, 2.05) is 12.1 Å². The van der Waals surface area contributed by atoms with Crippen molar-refractivity contribution in [3.8, 4) is 17.2 Å². The Morgan fingerprint density at radius 3 is 2.53 bits per heavy atom. The highest BCUT2D eigenvalue weighted by molar-refractivity contribution is 5.80. The first kappa shape index (κ1) is 21.7. The van der Waals surface area contributed by atoms with Crippen molar-refractivity contribution >= 4 is 5.91 Å². The van der Waals surface area contributed by atoms with Crippen molar-refractivity contribution in [2.45, 2.75) is 62.1 Å². The Labute approximate surface area is 199 Å². The number of fused-ring (bicyclic) bond motifs is 1. The summed E-state index contributed by atoms with van der Waals surface area (Å²) in [7, 11) is 0. The van der Waals surface area contributed by atoms with Crippen LogP contribution < -0.4 is 5.32 Å². The lowest BCUT2D eigenvalue weighted by Gasteiger charge is -2.59. The first-order valence-electron chi connectivity index (χ1n) is 12.4. The van der Waals surface area contributed by atoms with Gasteiger partial charge in [0.2, 0.25) is 5.91 Å². The van der Waals surface area contributed by atoms with E-state index in [0.717, 1.165) is 37.4 Å². The van der Waals surface area contributed by atoms with E-state index in [1.54, 1.807) is 6.07 Å². The van der Waals surface area contributed by atoms with Crippen molar-refractivity contribution in [1.29, 1.82) is 0 Å². The van der Waals surface area contributed by atoms with E-state index in [0.29, 0.717) is 18.4 Å². The number of rotatable bonds is 5. The molecule has 34 heavy (non-hydrogen) atoms. The molecule has 1 aliphatic heterocycles. The fourth-order valence-electron chi connectivity index (χ4n) is 7.11. The predicted octanol–water partition coefficient (Wildman–Crippen LogP) is 2.54. The second-order valence-electron chi connectivity index (χ2n) is 10.9. The topological polar surface area (TPSA) is 113 Å². The Morgan fingerprint density at radius 2 is 1.79 bits per heavy atom. The van der Waals surface area contributed by atoms with Gasteiger partial charge in [0.1, 0.15) is 17.2 Å². The standard InChI is InChI=1S/C27H32N2O5/c30-20-4-3-18-9-24-27(34)13-19(25(33)28-14-17-7-21(31)10-22(32)8-17)12-26(27,23(18)11-20)5-6-29(24)15-16-1-2-16/h3-4,7-8,10-11,16,19,24,30-32,34H,1-2,5-6,9,12-15H2,(H,28,33)/t19-,24-,26-,27-/m1/s1. The minimum atomic E-state index is -1.02. The largest absolute Gasteiger partial charge is 0.508 e. The first-order chi connectivity index (χ1) is 16.3. The molecule has 4 aliphatic rings. The highest BCUT2D eigenvalue weighted by Gasteiger charge is 2.68. The van der Waals surface area contributed by atoms with Crippen LogP contribution in [0.15, 0.2) is 36.4 Å². The zero-order valence-corrected chi connectivity index (χ0v) is 19.2. The van der Waals surface area contributed by atoms with Crippen molar-refractivity contribution in [2.75, 3.05) is 13.1 Å². The third-order valence-electron chi connectivity index (χ3n) is 8.81. The molecule has 3 aliphatic carbocycles. The van der Waals surface area contributed by atoms with Crippen LogP contribution in [0.3, 0.4) is 0 Å². The van der Waals surface area contributed by atoms with E-state index in [2.05, 4.69) is 10.2 Å². The summed E-state index contributed by atoms with van der Waals surface area (Å²) in [4.78, 5) is 15.8. The van der Waals surface area contributed by atoms with Crippen molar-refractivity contribution < 1.29 is 25.2 Å². The van der Waals surface area contributed by atoms with Gasteiger partial charge >= 0.3 is 0 Å². The molecule has 3 fully saturated rings. The van der Waals surface area contributed by atoms with Crippen LogP contribution in [0, 0.1) is 11.8 Å². The van der Waals surface area contributed by atoms with Gasteiger partial charge in [-0.05, 0) is 91.9 Å². The molecule has 0 aromatic heterocycles. The summed E-state index contributed by atoms with van der Waals surface area (Å²) in [5.74, 6) is 0.340. The lowest BCUT2D eigenvalue weighted by molar-refractivity contribution is -0.134. The van der Waals surface area contributed by atoms with Gasteiger partial charge < -0.3 is 25.7 Å². The van der Waals surface area contributed by atoms with Gasteiger partial charge in [0.15, 0.2) is 0 Å². The second kappa shape index (κ2) is 7.62. The number of nitrogens with one attached hydrogen (secondary N) is 1. The summed E-state index contributed by atoms with van der Waals surface area (Å²) in [6.07, 6.45) is 4.96.